The Hall–Kier alpha value is -2.94. The van der Waals surface area contributed by atoms with Gasteiger partial charge in [0.05, 0.1) is 0 Å². The summed E-state index contributed by atoms with van der Waals surface area (Å²) in [5, 5.41) is 19.9. The van der Waals surface area contributed by atoms with Gasteiger partial charge in [-0.05, 0) is 93.9 Å². The van der Waals surface area contributed by atoms with Gasteiger partial charge >= 0.3 is 11.9 Å². The number of carbonyl (C=O) groups excluding carboxylic acids is 2. The van der Waals surface area contributed by atoms with Crippen molar-refractivity contribution in [1.82, 2.24) is 31.9 Å². The predicted octanol–water partition coefficient (Wildman–Crippen LogP) is 1.61. The molecule has 2 rings (SSSR count). The molecule has 2 aromatic rings. The maximum absolute atomic E-state index is 13.8. The molecule has 0 fully saturated rings. The molecule has 0 amide bonds. The Balaban J connectivity index is 2.47. The lowest BCUT2D eigenvalue weighted by Gasteiger charge is -2.42. The third-order valence-electron chi connectivity index (χ3n) is 10.1. The molecule has 2 aromatic carbocycles. The minimum absolute atomic E-state index is 0.141. The minimum Gasteiger partial charge on any atom is -0.450 e. The van der Waals surface area contributed by atoms with Crippen LogP contribution in [0.15, 0.2) is 48.5 Å². The van der Waals surface area contributed by atoms with E-state index in [1.54, 1.807) is 28.2 Å². The summed E-state index contributed by atoms with van der Waals surface area (Å²) in [4.78, 5) is 27.7. The first-order valence-corrected chi connectivity index (χ1v) is 17.8. The maximum atomic E-state index is 13.8. The molecule has 0 aliphatic rings. The Labute approximate surface area is 301 Å². The zero-order valence-electron chi connectivity index (χ0n) is 32.1. The molecule has 10 N–H and O–H groups in total. The van der Waals surface area contributed by atoms with Crippen LogP contribution in [0.3, 0.4) is 0 Å². The van der Waals surface area contributed by atoms with E-state index in [-0.39, 0.29) is 24.2 Å². The van der Waals surface area contributed by atoms with E-state index in [0.717, 1.165) is 22.3 Å². The first-order chi connectivity index (χ1) is 23.7. The zero-order chi connectivity index (χ0) is 37.5. The van der Waals surface area contributed by atoms with Gasteiger partial charge < -0.3 is 31.6 Å². The molecular formula is C38H66N8O4. The smallest absolute Gasteiger partial charge is 0.417 e. The highest BCUT2D eigenvalue weighted by atomic mass is 16.6. The summed E-state index contributed by atoms with van der Waals surface area (Å²) in [7, 11) is 11.0. The highest BCUT2D eigenvalue weighted by molar-refractivity contribution is 6.29. The molecule has 282 valence electrons. The van der Waals surface area contributed by atoms with Gasteiger partial charge in [-0.15, -0.1) is 0 Å². The Bertz CT molecular complexity index is 1190. The summed E-state index contributed by atoms with van der Waals surface area (Å²) in [6, 6.07) is 15.9. The number of carbonyl (C=O) groups is 2. The SMILES string of the molecule is CNC(C)CC(N)CC(OC(=O)C(=O)OC(CC(N)CC(C)NC)C(Cc1ccc(C)cc1)(NC)NC)C(Cc1ccc(C)cc1)(NC)NC. The monoisotopic (exact) mass is 699 g/mol. The summed E-state index contributed by atoms with van der Waals surface area (Å²) in [5.41, 5.74) is 15.7. The fourth-order valence-electron chi connectivity index (χ4n) is 6.47. The summed E-state index contributed by atoms with van der Waals surface area (Å²) >= 11 is 0. The number of ether oxygens (including phenoxy) is 2. The van der Waals surface area contributed by atoms with Gasteiger partial charge in [-0.25, -0.2) is 9.59 Å². The second-order valence-electron chi connectivity index (χ2n) is 13.9. The van der Waals surface area contributed by atoms with Crippen LogP contribution in [0.2, 0.25) is 0 Å². The van der Waals surface area contributed by atoms with Crippen LogP contribution in [0.25, 0.3) is 0 Å². The van der Waals surface area contributed by atoms with E-state index >= 15 is 0 Å². The van der Waals surface area contributed by atoms with E-state index in [1.807, 2.05) is 90.3 Å². The van der Waals surface area contributed by atoms with Crippen molar-refractivity contribution in [2.75, 3.05) is 42.3 Å². The number of nitrogens with two attached hydrogens (primary N) is 2. The molecular weight excluding hydrogens is 632 g/mol. The molecule has 0 aromatic heterocycles. The molecule has 12 nitrogen and oxygen atoms in total. The van der Waals surface area contributed by atoms with Gasteiger partial charge in [-0.3, -0.25) is 21.3 Å². The number of hydrogen-bond donors (Lipinski definition) is 8. The number of nitrogens with one attached hydrogen (secondary N) is 6. The highest BCUT2D eigenvalue weighted by Crippen LogP contribution is 2.26. The first-order valence-electron chi connectivity index (χ1n) is 17.8. The quantitative estimate of drug-likeness (QED) is 0.0508. The van der Waals surface area contributed by atoms with Crippen molar-refractivity contribution in [1.29, 1.82) is 0 Å². The molecule has 0 saturated carbocycles. The minimum atomic E-state index is -1.10. The van der Waals surface area contributed by atoms with Gasteiger partial charge in [-0.1, -0.05) is 59.7 Å². The largest absolute Gasteiger partial charge is 0.450 e. The van der Waals surface area contributed by atoms with Gasteiger partial charge in [0.1, 0.15) is 23.5 Å². The van der Waals surface area contributed by atoms with Crippen molar-refractivity contribution in [3.05, 3.63) is 70.8 Å². The van der Waals surface area contributed by atoms with E-state index in [1.165, 1.54) is 0 Å². The molecule has 0 heterocycles. The van der Waals surface area contributed by atoms with Crippen LogP contribution >= 0.6 is 0 Å². The maximum Gasteiger partial charge on any atom is 0.417 e. The number of benzene rings is 2. The summed E-state index contributed by atoms with van der Waals surface area (Å²) < 4.78 is 12.2. The summed E-state index contributed by atoms with van der Waals surface area (Å²) in [6.07, 6.45) is 1.11. The van der Waals surface area contributed by atoms with Crippen molar-refractivity contribution in [2.45, 2.75) is 114 Å². The van der Waals surface area contributed by atoms with E-state index < -0.39 is 35.5 Å². The van der Waals surface area contributed by atoms with Crippen LogP contribution in [0.5, 0.6) is 0 Å². The number of esters is 2. The van der Waals surface area contributed by atoms with Crippen LogP contribution in [0.4, 0.5) is 0 Å². The third kappa shape index (κ3) is 12.7. The normalized spacial score (nSPS) is 15.8. The van der Waals surface area contributed by atoms with E-state index in [4.69, 9.17) is 20.9 Å². The molecule has 0 radical (unpaired) electrons. The molecule has 0 aliphatic heterocycles. The zero-order valence-corrected chi connectivity index (χ0v) is 32.1. The average molecular weight is 699 g/mol. The Kier molecular flexibility index (Phi) is 18.0. The van der Waals surface area contributed by atoms with Crippen molar-refractivity contribution in [3.8, 4) is 0 Å². The average Bonchev–Trinajstić information content (AvgIpc) is 3.10. The van der Waals surface area contributed by atoms with Gasteiger partial charge in [0.15, 0.2) is 0 Å². The van der Waals surface area contributed by atoms with Crippen LogP contribution in [0.1, 0.15) is 61.8 Å². The van der Waals surface area contributed by atoms with Crippen molar-refractivity contribution >= 4 is 11.9 Å². The second kappa shape index (κ2) is 20.8. The van der Waals surface area contributed by atoms with Gasteiger partial charge in [0.25, 0.3) is 0 Å². The molecule has 0 bridgehead atoms. The number of likely N-dealkylation sites (N-methyl/N-ethyl adjacent to an activating group) is 4. The topological polar surface area (TPSA) is 177 Å². The van der Waals surface area contributed by atoms with Crippen LogP contribution in [-0.4, -0.2) is 102 Å². The lowest BCUT2D eigenvalue weighted by Crippen LogP contribution is -2.66. The van der Waals surface area contributed by atoms with E-state index in [2.05, 4.69) is 31.9 Å². The first kappa shape index (κ1) is 43.2. The second-order valence-corrected chi connectivity index (χ2v) is 13.9. The molecule has 0 saturated heterocycles. The number of hydrogen-bond acceptors (Lipinski definition) is 12. The Morgan fingerprint density at radius 1 is 0.580 bits per heavy atom. The van der Waals surface area contributed by atoms with E-state index in [9.17, 15) is 9.59 Å². The van der Waals surface area contributed by atoms with Crippen LogP contribution in [0, 0.1) is 13.8 Å². The number of rotatable bonds is 22. The van der Waals surface area contributed by atoms with Gasteiger partial charge in [0, 0.05) is 49.9 Å². The van der Waals surface area contributed by atoms with Crippen molar-refractivity contribution < 1.29 is 19.1 Å². The third-order valence-corrected chi connectivity index (χ3v) is 10.1. The van der Waals surface area contributed by atoms with Gasteiger partial charge in [0.2, 0.25) is 0 Å². The molecule has 50 heavy (non-hydrogen) atoms. The fourth-order valence-corrected chi connectivity index (χ4v) is 6.47. The standard InChI is InChI=1S/C38H66N8O4/c1-25-11-15-29(16-12-25)23-37(43-7,44-8)33(21-31(39)19-27(3)41-5)49-35(47)36(48)50-34(22-32(40)20-28(4)42-6)38(45-9,46-10)24-30-17-13-26(2)14-18-30/h11-18,27-28,31-34,41-46H,19-24,39-40H2,1-10H3. The van der Waals surface area contributed by atoms with Crippen LogP contribution in [-0.2, 0) is 31.9 Å². The predicted molar refractivity (Wildman–Crippen MR) is 203 cm³/mol. The summed E-state index contributed by atoms with van der Waals surface area (Å²) in [5.74, 6) is -2.19. The van der Waals surface area contributed by atoms with Crippen molar-refractivity contribution in [3.63, 3.8) is 0 Å². The highest BCUT2D eigenvalue weighted by Gasteiger charge is 2.44. The molecule has 6 atom stereocenters. The molecule has 0 spiro atoms. The van der Waals surface area contributed by atoms with Crippen LogP contribution < -0.4 is 43.4 Å². The number of aryl methyl sites for hydroxylation is 2. The fraction of sp³-hybridized carbons (Fsp3) is 0.632. The molecule has 12 heteroatoms. The summed E-state index contributed by atoms with van der Waals surface area (Å²) in [6.45, 7) is 8.15. The Morgan fingerprint density at radius 2 is 0.880 bits per heavy atom. The van der Waals surface area contributed by atoms with Gasteiger partial charge in [-0.2, -0.15) is 0 Å². The lowest BCUT2D eigenvalue weighted by atomic mass is 9.88. The van der Waals surface area contributed by atoms with Crippen molar-refractivity contribution in [2.24, 2.45) is 11.5 Å². The Morgan fingerprint density at radius 3 is 1.14 bits per heavy atom. The lowest BCUT2D eigenvalue weighted by molar-refractivity contribution is -0.181. The molecule has 6 unspecified atom stereocenters. The van der Waals surface area contributed by atoms with E-state index in [0.29, 0.717) is 38.5 Å². The molecule has 0 aliphatic carbocycles.